The molecule has 7 heteroatoms. The Kier molecular flexibility index (Phi) is 4.49. The Morgan fingerprint density at radius 2 is 1.95 bits per heavy atom. The molecular formula is C15H14ClF2N3O. The van der Waals surface area contributed by atoms with Gasteiger partial charge in [-0.25, -0.2) is 18.7 Å². The van der Waals surface area contributed by atoms with Crippen molar-refractivity contribution in [2.24, 2.45) is 5.92 Å². The molecule has 1 aliphatic heterocycles. The van der Waals surface area contributed by atoms with Crippen molar-refractivity contribution in [3.8, 4) is 5.75 Å². The summed E-state index contributed by atoms with van der Waals surface area (Å²) in [5.74, 6) is -1.59. The molecule has 2 aromatic rings. The molecule has 0 aliphatic carbocycles. The van der Waals surface area contributed by atoms with E-state index < -0.39 is 17.7 Å². The van der Waals surface area contributed by atoms with Crippen molar-refractivity contribution in [3.63, 3.8) is 0 Å². The van der Waals surface area contributed by atoms with Crippen LogP contribution < -0.4 is 10.1 Å². The van der Waals surface area contributed by atoms with Gasteiger partial charge in [-0.1, -0.05) is 11.6 Å². The number of nitrogens with one attached hydrogen (secondary N) is 1. The monoisotopic (exact) mass is 325 g/mol. The number of nitrogens with zero attached hydrogens (tertiary/aromatic N) is 2. The van der Waals surface area contributed by atoms with Crippen LogP contribution in [0, 0.1) is 17.6 Å². The molecule has 1 saturated heterocycles. The Labute approximate surface area is 131 Å². The first-order chi connectivity index (χ1) is 10.7. The van der Waals surface area contributed by atoms with Crippen LogP contribution in [-0.2, 0) is 0 Å². The van der Waals surface area contributed by atoms with Crippen molar-refractivity contribution in [2.45, 2.75) is 12.5 Å². The maximum atomic E-state index is 14.0. The van der Waals surface area contributed by atoms with E-state index in [4.69, 9.17) is 16.3 Å². The molecule has 1 aromatic heterocycles. The second-order valence-electron chi connectivity index (χ2n) is 5.14. The lowest BCUT2D eigenvalue weighted by Crippen LogP contribution is -2.22. The van der Waals surface area contributed by atoms with Crippen LogP contribution in [0.1, 0.15) is 18.1 Å². The summed E-state index contributed by atoms with van der Waals surface area (Å²) in [6.45, 7) is 1.56. The molecule has 22 heavy (non-hydrogen) atoms. The van der Waals surface area contributed by atoms with Crippen molar-refractivity contribution < 1.29 is 13.5 Å². The summed E-state index contributed by atoms with van der Waals surface area (Å²) in [4.78, 5) is 7.94. The highest BCUT2D eigenvalue weighted by Crippen LogP contribution is 2.37. The van der Waals surface area contributed by atoms with Gasteiger partial charge in [0.05, 0.1) is 0 Å². The zero-order chi connectivity index (χ0) is 15.5. The van der Waals surface area contributed by atoms with Gasteiger partial charge in [-0.3, -0.25) is 0 Å². The molecule has 0 saturated carbocycles. The molecule has 3 rings (SSSR count). The zero-order valence-electron chi connectivity index (χ0n) is 11.6. The van der Waals surface area contributed by atoms with E-state index in [0.717, 1.165) is 25.1 Å². The summed E-state index contributed by atoms with van der Waals surface area (Å²) >= 11 is 5.85. The van der Waals surface area contributed by atoms with Crippen LogP contribution in [0.15, 0.2) is 30.9 Å². The maximum absolute atomic E-state index is 14.0. The fourth-order valence-corrected chi connectivity index (χ4v) is 2.77. The van der Waals surface area contributed by atoms with Crippen molar-refractivity contribution in [1.29, 1.82) is 0 Å². The Morgan fingerprint density at radius 3 is 2.64 bits per heavy atom. The van der Waals surface area contributed by atoms with Crippen LogP contribution in [0.25, 0.3) is 0 Å². The van der Waals surface area contributed by atoms with Gasteiger partial charge in [0.25, 0.3) is 0 Å². The Morgan fingerprint density at radius 1 is 1.23 bits per heavy atom. The average Bonchev–Trinajstić information content (AvgIpc) is 3.06. The maximum Gasteiger partial charge on any atom is 0.177 e. The molecule has 1 fully saturated rings. The lowest BCUT2D eigenvalue weighted by Gasteiger charge is -2.25. The van der Waals surface area contributed by atoms with E-state index in [-0.39, 0.29) is 16.7 Å². The number of rotatable bonds is 4. The van der Waals surface area contributed by atoms with Crippen LogP contribution in [0.4, 0.5) is 8.78 Å². The van der Waals surface area contributed by atoms with Crippen molar-refractivity contribution in [1.82, 2.24) is 15.3 Å². The van der Waals surface area contributed by atoms with Crippen LogP contribution >= 0.6 is 11.6 Å². The lowest BCUT2D eigenvalue weighted by atomic mass is 9.96. The third-order valence-electron chi connectivity index (χ3n) is 3.68. The summed E-state index contributed by atoms with van der Waals surface area (Å²) in [6, 6.07) is 1.98. The van der Waals surface area contributed by atoms with Crippen LogP contribution in [-0.4, -0.2) is 23.1 Å². The van der Waals surface area contributed by atoms with Gasteiger partial charge in [0.1, 0.15) is 23.3 Å². The summed E-state index contributed by atoms with van der Waals surface area (Å²) in [5.41, 5.74) is 0.705. The summed E-state index contributed by atoms with van der Waals surface area (Å²) < 4.78 is 33.3. The van der Waals surface area contributed by atoms with E-state index >= 15 is 0 Å². The fourth-order valence-electron chi connectivity index (χ4n) is 2.57. The molecule has 2 heterocycles. The van der Waals surface area contributed by atoms with Gasteiger partial charge >= 0.3 is 0 Å². The minimum atomic E-state index is -0.717. The standard InChI is InChI=1S/C15H14ClF2N3O/c16-13-11(17)1-2-12(18)15(13)22-14(9-3-4-19-5-9)10-6-20-8-21-7-10/h1-2,6-9,14,19H,3-5H2. The van der Waals surface area contributed by atoms with E-state index in [9.17, 15) is 8.78 Å². The third kappa shape index (κ3) is 3.03. The minimum absolute atomic E-state index is 0.102. The highest BCUT2D eigenvalue weighted by Gasteiger charge is 2.30. The minimum Gasteiger partial charge on any atom is -0.481 e. The normalized spacial score (nSPS) is 19.1. The second kappa shape index (κ2) is 6.54. The number of ether oxygens (including phenoxy) is 1. The number of hydrogen-bond acceptors (Lipinski definition) is 4. The SMILES string of the molecule is Fc1ccc(F)c(OC(c2cncnc2)C2CCNC2)c1Cl. The van der Waals surface area contributed by atoms with Crippen LogP contribution in [0.3, 0.4) is 0 Å². The molecule has 1 N–H and O–H groups in total. The first-order valence-corrected chi connectivity index (χ1v) is 7.30. The smallest absolute Gasteiger partial charge is 0.177 e. The molecule has 0 amide bonds. The average molecular weight is 326 g/mol. The Hall–Kier alpha value is -1.79. The van der Waals surface area contributed by atoms with E-state index in [1.165, 1.54) is 6.33 Å². The third-order valence-corrected chi connectivity index (χ3v) is 4.03. The zero-order valence-corrected chi connectivity index (χ0v) is 12.4. The number of hydrogen-bond donors (Lipinski definition) is 1. The molecule has 2 atom stereocenters. The Balaban J connectivity index is 1.95. The van der Waals surface area contributed by atoms with Crippen LogP contribution in [0.2, 0.25) is 5.02 Å². The van der Waals surface area contributed by atoms with Gasteiger partial charge in [-0.05, 0) is 25.1 Å². The molecule has 116 valence electrons. The molecular weight excluding hydrogens is 312 g/mol. The van der Waals surface area contributed by atoms with E-state index in [2.05, 4.69) is 15.3 Å². The van der Waals surface area contributed by atoms with E-state index in [1.807, 2.05) is 0 Å². The highest BCUT2D eigenvalue weighted by atomic mass is 35.5. The number of benzene rings is 1. The van der Waals surface area contributed by atoms with Crippen molar-refractivity contribution >= 4 is 11.6 Å². The topological polar surface area (TPSA) is 47.0 Å². The number of halogens is 3. The molecule has 0 spiro atoms. The van der Waals surface area contributed by atoms with Gasteiger partial charge in [0.15, 0.2) is 11.6 Å². The molecule has 0 radical (unpaired) electrons. The Bertz CT molecular complexity index is 651. The predicted molar refractivity (Wildman–Crippen MR) is 77.7 cm³/mol. The van der Waals surface area contributed by atoms with Crippen molar-refractivity contribution in [3.05, 3.63) is 53.1 Å². The second-order valence-corrected chi connectivity index (χ2v) is 5.51. The van der Waals surface area contributed by atoms with Gasteiger partial charge in [0, 0.05) is 30.4 Å². The van der Waals surface area contributed by atoms with Crippen LogP contribution in [0.5, 0.6) is 5.75 Å². The van der Waals surface area contributed by atoms with Gasteiger partial charge in [-0.15, -0.1) is 0 Å². The highest BCUT2D eigenvalue weighted by molar-refractivity contribution is 6.32. The molecule has 1 aliphatic rings. The van der Waals surface area contributed by atoms with Gasteiger partial charge in [-0.2, -0.15) is 0 Å². The van der Waals surface area contributed by atoms with E-state index in [0.29, 0.717) is 12.1 Å². The van der Waals surface area contributed by atoms with Gasteiger partial charge < -0.3 is 10.1 Å². The largest absolute Gasteiger partial charge is 0.481 e. The molecule has 0 bridgehead atoms. The summed E-state index contributed by atoms with van der Waals surface area (Å²) in [7, 11) is 0. The molecule has 2 unspecified atom stereocenters. The molecule has 4 nitrogen and oxygen atoms in total. The van der Waals surface area contributed by atoms with E-state index in [1.54, 1.807) is 12.4 Å². The number of aromatic nitrogens is 2. The molecule has 1 aromatic carbocycles. The first-order valence-electron chi connectivity index (χ1n) is 6.92. The summed E-state index contributed by atoms with van der Waals surface area (Å²) in [6.07, 6.45) is 4.99. The summed E-state index contributed by atoms with van der Waals surface area (Å²) in [5, 5.41) is 2.87. The quantitative estimate of drug-likeness (QED) is 0.877. The van der Waals surface area contributed by atoms with Crippen molar-refractivity contribution in [2.75, 3.05) is 13.1 Å². The first kappa shape index (κ1) is 15.1. The lowest BCUT2D eigenvalue weighted by molar-refractivity contribution is 0.137. The predicted octanol–water partition coefficient (Wildman–Crippen LogP) is 3.14. The van der Waals surface area contributed by atoms with Gasteiger partial charge in [0.2, 0.25) is 0 Å². The fraction of sp³-hybridized carbons (Fsp3) is 0.333.